The lowest BCUT2D eigenvalue weighted by molar-refractivity contribution is 0.726. The van der Waals surface area contributed by atoms with Crippen LogP contribution in [0.15, 0.2) is 53.8 Å². The number of guanidine groups is 1. The number of benzene rings is 1. The number of para-hydroxylation sites is 1. The van der Waals surface area contributed by atoms with Crippen molar-refractivity contribution in [2.45, 2.75) is 38.6 Å². The molecule has 0 spiro atoms. The van der Waals surface area contributed by atoms with Gasteiger partial charge in [0.05, 0.1) is 0 Å². The maximum atomic E-state index is 4.69. The smallest absolute Gasteiger partial charge is 0.191 e. The summed E-state index contributed by atoms with van der Waals surface area (Å²) in [7, 11) is 1.81. The van der Waals surface area contributed by atoms with E-state index < -0.39 is 0 Å². The van der Waals surface area contributed by atoms with Crippen LogP contribution >= 0.6 is 24.0 Å². The van der Waals surface area contributed by atoms with Gasteiger partial charge >= 0.3 is 0 Å². The van der Waals surface area contributed by atoms with Crippen molar-refractivity contribution in [3.8, 4) is 0 Å². The topological polar surface area (TPSA) is 68.3 Å². The molecule has 1 saturated heterocycles. The first-order valence-corrected chi connectivity index (χ1v) is 11.0. The maximum Gasteiger partial charge on any atom is 0.191 e. The molecule has 0 radical (unpaired) electrons. The van der Waals surface area contributed by atoms with Crippen LogP contribution in [0.3, 0.4) is 0 Å². The van der Waals surface area contributed by atoms with E-state index in [0.717, 1.165) is 43.4 Å². The van der Waals surface area contributed by atoms with E-state index in [1.165, 1.54) is 42.1 Å². The fourth-order valence-electron chi connectivity index (χ4n) is 4.07. The van der Waals surface area contributed by atoms with Crippen molar-refractivity contribution in [3.63, 3.8) is 0 Å². The number of nitrogens with zero attached hydrogens (tertiary/aromatic N) is 3. The zero-order valence-corrected chi connectivity index (χ0v) is 20.6. The Labute approximate surface area is 202 Å². The van der Waals surface area contributed by atoms with E-state index in [0.29, 0.717) is 6.54 Å². The van der Waals surface area contributed by atoms with Gasteiger partial charge in [-0.25, -0.2) is 4.98 Å². The third kappa shape index (κ3) is 6.35. The fraction of sp³-hybridized carbons (Fsp3) is 0.417. The first-order valence-electron chi connectivity index (χ1n) is 11.0. The number of halogens is 1. The molecule has 4 rings (SSSR count). The predicted molar refractivity (Wildman–Crippen MR) is 141 cm³/mol. The van der Waals surface area contributed by atoms with Gasteiger partial charge in [0.25, 0.3) is 0 Å². The van der Waals surface area contributed by atoms with Crippen LogP contribution in [-0.4, -0.2) is 42.6 Å². The van der Waals surface area contributed by atoms with Crippen LogP contribution in [0.2, 0.25) is 0 Å². The molecule has 3 N–H and O–H groups in total. The average molecular weight is 532 g/mol. The van der Waals surface area contributed by atoms with E-state index in [-0.39, 0.29) is 24.0 Å². The van der Waals surface area contributed by atoms with E-state index in [9.17, 15) is 0 Å². The van der Waals surface area contributed by atoms with Crippen molar-refractivity contribution in [1.82, 2.24) is 20.6 Å². The number of pyridine rings is 1. The summed E-state index contributed by atoms with van der Waals surface area (Å²) in [6.07, 6.45) is 10.2. The molecule has 166 valence electrons. The highest BCUT2D eigenvalue weighted by atomic mass is 127. The molecule has 1 aromatic carbocycles. The van der Waals surface area contributed by atoms with Crippen LogP contribution in [-0.2, 0) is 13.0 Å². The number of hydrogen-bond donors (Lipinski definition) is 3. The zero-order chi connectivity index (χ0) is 20.6. The molecule has 3 heterocycles. The number of H-pyrrole nitrogens is 1. The number of anilines is 1. The van der Waals surface area contributed by atoms with Crippen molar-refractivity contribution in [2.24, 2.45) is 4.99 Å². The van der Waals surface area contributed by atoms with Crippen molar-refractivity contribution >= 4 is 46.7 Å². The van der Waals surface area contributed by atoms with E-state index >= 15 is 0 Å². The Hall–Kier alpha value is -2.29. The number of aliphatic imine (C=N–C) groups is 1. The Morgan fingerprint density at radius 2 is 1.87 bits per heavy atom. The Bertz CT molecular complexity index is 958. The fourth-order valence-corrected chi connectivity index (χ4v) is 4.07. The van der Waals surface area contributed by atoms with Gasteiger partial charge in [-0.15, -0.1) is 24.0 Å². The second-order valence-electron chi connectivity index (χ2n) is 7.89. The monoisotopic (exact) mass is 532 g/mol. The number of hydrogen-bond acceptors (Lipinski definition) is 3. The normalized spacial score (nSPS) is 14.7. The maximum absolute atomic E-state index is 4.69. The predicted octanol–water partition coefficient (Wildman–Crippen LogP) is 4.47. The molecule has 0 saturated carbocycles. The minimum Gasteiger partial charge on any atom is -0.361 e. The van der Waals surface area contributed by atoms with Crippen LogP contribution in [0.4, 0.5) is 5.82 Å². The van der Waals surface area contributed by atoms with Crippen LogP contribution in [0, 0.1) is 0 Å². The number of rotatable bonds is 6. The molecule has 6 nitrogen and oxygen atoms in total. The molecule has 1 aliphatic heterocycles. The largest absolute Gasteiger partial charge is 0.361 e. The SMILES string of the molecule is CN=C(NCCc1c[nH]c2ccccc12)NCc1ccc(N2CCCCCC2)nc1.I. The van der Waals surface area contributed by atoms with Gasteiger partial charge in [0.2, 0.25) is 0 Å². The first kappa shape index (κ1) is 23.4. The molecule has 3 aromatic rings. The van der Waals surface area contributed by atoms with Gasteiger partial charge < -0.3 is 20.5 Å². The summed E-state index contributed by atoms with van der Waals surface area (Å²) < 4.78 is 0. The second-order valence-corrected chi connectivity index (χ2v) is 7.89. The highest BCUT2D eigenvalue weighted by Crippen LogP contribution is 2.18. The van der Waals surface area contributed by atoms with E-state index in [1.807, 2.05) is 13.2 Å². The molecular formula is C24H33IN6. The molecule has 1 aliphatic rings. The van der Waals surface area contributed by atoms with Gasteiger partial charge in [-0.1, -0.05) is 37.1 Å². The number of fused-ring (bicyclic) bond motifs is 1. The van der Waals surface area contributed by atoms with E-state index in [1.54, 1.807) is 0 Å². The lowest BCUT2D eigenvalue weighted by Crippen LogP contribution is -2.37. The Morgan fingerprint density at radius 1 is 1.06 bits per heavy atom. The van der Waals surface area contributed by atoms with Gasteiger partial charge in [-0.05, 0) is 42.5 Å². The summed E-state index contributed by atoms with van der Waals surface area (Å²) in [4.78, 5) is 14.8. The van der Waals surface area contributed by atoms with E-state index in [4.69, 9.17) is 4.98 Å². The third-order valence-corrected chi connectivity index (χ3v) is 5.78. The molecule has 0 atom stereocenters. The summed E-state index contributed by atoms with van der Waals surface area (Å²) in [6, 6.07) is 12.7. The Kier molecular flexibility index (Phi) is 8.99. The first-order chi connectivity index (χ1) is 14.8. The number of nitrogens with one attached hydrogen (secondary N) is 3. The lowest BCUT2D eigenvalue weighted by Gasteiger charge is -2.21. The third-order valence-electron chi connectivity index (χ3n) is 5.78. The van der Waals surface area contributed by atoms with Crippen molar-refractivity contribution < 1.29 is 0 Å². The van der Waals surface area contributed by atoms with Gasteiger partial charge in [0.15, 0.2) is 5.96 Å². The summed E-state index contributed by atoms with van der Waals surface area (Å²) in [5.74, 6) is 1.91. The van der Waals surface area contributed by atoms with Crippen LogP contribution in [0.25, 0.3) is 10.9 Å². The van der Waals surface area contributed by atoms with Gasteiger partial charge in [-0.2, -0.15) is 0 Å². The molecular weight excluding hydrogens is 499 g/mol. The minimum atomic E-state index is 0. The molecule has 2 aromatic heterocycles. The second kappa shape index (κ2) is 11.9. The molecule has 1 fully saturated rings. The van der Waals surface area contributed by atoms with Gasteiger partial charge in [0.1, 0.15) is 5.82 Å². The highest BCUT2D eigenvalue weighted by Gasteiger charge is 2.11. The van der Waals surface area contributed by atoms with Crippen LogP contribution in [0.1, 0.15) is 36.8 Å². The van der Waals surface area contributed by atoms with Crippen molar-refractivity contribution in [2.75, 3.05) is 31.6 Å². The molecule has 0 bridgehead atoms. The van der Waals surface area contributed by atoms with E-state index in [2.05, 4.69) is 68.1 Å². The molecule has 7 heteroatoms. The Morgan fingerprint density at radius 3 is 2.61 bits per heavy atom. The number of aromatic amines is 1. The average Bonchev–Trinajstić information content (AvgIpc) is 3.01. The van der Waals surface area contributed by atoms with Crippen LogP contribution < -0.4 is 15.5 Å². The zero-order valence-electron chi connectivity index (χ0n) is 18.2. The molecule has 0 aliphatic carbocycles. The van der Waals surface area contributed by atoms with Crippen molar-refractivity contribution in [3.05, 3.63) is 59.9 Å². The molecule has 0 unspecified atom stereocenters. The van der Waals surface area contributed by atoms with Crippen LogP contribution in [0.5, 0.6) is 0 Å². The van der Waals surface area contributed by atoms with Crippen molar-refractivity contribution in [1.29, 1.82) is 0 Å². The lowest BCUT2D eigenvalue weighted by atomic mass is 10.1. The number of aromatic nitrogens is 2. The summed E-state index contributed by atoms with van der Waals surface area (Å²) >= 11 is 0. The summed E-state index contributed by atoms with van der Waals surface area (Å²) in [5, 5.41) is 8.09. The molecule has 31 heavy (non-hydrogen) atoms. The highest BCUT2D eigenvalue weighted by molar-refractivity contribution is 14.0. The Balaban J connectivity index is 0.00000272. The molecule has 0 amide bonds. The minimum absolute atomic E-state index is 0. The standard InChI is InChI=1S/C24H32N6.HI/c1-25-24(26-13-12-20-18-27-22-9-5-4-8-21(20)22)29-17-19-10-11-23(28-16-19)30-14-6-2-3-7-15-30;/h4-5,8-11,16,18,27H,2-3,6-7,12-15,17H2,1H3,(H2,25,26,29);1H. The quantitative estimate of drug-likeness (QED) is 0.249. The van der Waals surface area contributed by atoms with Gasteiger partial charge in [-0.3, -0.25) is 4.99 Å². The van der Waals surface area contributed by atoms with Gasteiger partial charge in [0, 0.05) is 56.5 Å². The summed E-state index contributed by atoms with van der Waals surface area (Å²) in [5.41, 5.74) is 3.67. The summed E-state index contributed by atoms with van der Waals surface area (Å²) in [6.45, 7) is 3.78.